The summed E-state index contributed by atoms with van der Waals surface area (Å²) in [5.41, 5.74) is 0.822. The van der Waals surface area contributed by atoms with E-state index in [0.717, 1.165) is 31.5 Å². The molecule has 1 unspecified atom stereocenters. The van der Waals surface area contributed by atoms with Gasteiger partial charge in [0.25, 0.3) is 0 Å². The van der Waals surface area contributed by atoms with Gasteiger partial charge in [0, 0.05) is 11.6 Å². The van der Waals surface area contributed by atoms with E-state index in [1.165, 1.54) is 0 Å². The lowest BCUT2D eigenvalue weighted by molar-refractivity contribution is 0.0890. The van der Waals surface area contributed by atoms with Crippen LogP contribution in [0.15, 0.2) is 24.3 Å². The summed E-state index contributed by atoms with van der Waals surface area (Å²) >= 11 is 6.04. The number of hydrogen-bond donors (Lipinski definition) is 1. The molecule has 2 aliphatic rings. The zero-order valence-corrected chi connectivity index (χ0v) is 13.0. The third kappa shape index (κ3) is 2.87. The SMILES string of the molecule is CC1(C2CCNCC2)COC(=O)N1Cc1cccc(Cl)c1. The van der Waals surface area contributed by atoms with Gasteiger partial charge in [-0.1, -0.05) is 23.7 Å². The molecule has 2 heterocycles. The molecule has 1 atom stereocenters. The Labute approximate surface area is 130 Å². The quantitative estimate of drug-likeness (QED) is 0.933. The van der Waals surface area contributed by atoms with Crippen molar-refractivity contribution < 1.29 is 9.53 Å². The van der Waals surface area contributed by atoms with Gasteiger partial charge in [-0.2, -0.15) is 0 Å². The molecule has 2 saturated heterocycles. The molecule has 1 amide bonds. The average Bonchev–Trinajstić information content (AvgIpc) is 2.78. The van der Waals surface area contributed by atoms with Gasteiger partial charge in [-0.3, -0.25) is 4.90 Å². The van der Waals surface area contributed by atoms with Gasteiger partial charge in [0.2, 0.25) is 0 Å². The van der Waals surface area contributed by atoms with Crippen LogP contribution >= 0.6 is 11.6 Å². The molecule has 114 valence electrons. The molecule has 0 radical (unpaired) electrons. The zero-order chi connectivity index (χ0) is 14.9. The van der Waals surface area contributed by atoms with Crippen molar-refractivity contribution in [3.63, 3.8) is 0 Å². The van der Waals surface area contributed by atoms with Crippen molar-refractivity contribution in [2.75, 3.05) is 19.7 Å². The van der Waals surface area contributed by atoms with Crippen LogP contribution in [-0.4, -0.2) is 36.2 Å². The Morgan fingerprint density at radius 1 is 1.43 bits per heavy atom. The molecule has 1 aromatic carbocycles. The van der Waals surface area contributed by atoms with E-state index in [1.807, 2.05) is 29.2 Å². The Bertz CT molecular complexity index is 531. The number of cyclic esters (lactones) is 1. The highest BCUT2D eigenvalue weighted by atomic mass is 35.5. The molecular weight excluding hydrogens is 288 g/mol. The monoisotopic (exact) mass is 308 g/mol. The summed E-state index contributed by atoms with van der Waals surface area (Å²) in [6.45, 7) is 5.22. The number of benzene rings is 1. The number of nitrogens with one attached hydrogen (secondary N) is 1. The molecule has 0 aromatic heterocycles. The number of carbonyl (C=O) groups is 1. The van der Waals surface area contributed by atoms with E-state index in [0.29, 0.717) is 24.1 Å². The van der Waals surface area contributed by atoms with Crippen LogP contribution in [0.2, 0.25) is 5.02 Å². The topological polar surface area (TPSA) is 41.6 Å². The lowest BCUT2D eigenvalue weighted by atomic mass is 9.79. The second-order valence-electron chi connectivity index (χ2n) is 6.15. The summed E-state index contributed by atoms with van der Waals surface area (Å²) in [5.74, 6) is 0.476. The molecule has 2 fully saturated rings. The zero-order valence-electron chi connectivity index (χ0n) is 12.3. The number of piperidine rings is 1. The van der Waals surface area contributed by atoms with Crippen LogP contribution in [0.4, 0.5) is 4.79 Å². The van der Waals surface area contributed by atoms with E-state index in [9.17, 15) is 4.79 Å². The fourth-order valence-electron chi connectivity index (χ4n) is 3.42. The lowest BCUT2D eigenvalue weighted by Gasteiger charge is -2.41. The fourth-order valence-corrected chi connectivity index (χ4v) is 3.63. The minimum absolute atomic E-state index is 0.212. The highest BCUT2D eigenvalue weighted by Crippen LogP contribution is 2.37. The van der Waals surface area contributed by atoms with Crippen molar-refractivity contribution in [1.29, 1.82) is 0 Å². The number of nitrogens with zero attached hydrogens (tertiary/aromatic N) is 1. The molecule has 0 aliphatic carbocycles. The predicted octanol–water partition coefficient (Wildman–Crippen LogP) is 3.05. The van der Waals surface area contributed by atoms with E-state index in [2.05, 4.69) is 12.2 Å². The van der Waals surface area contributed by atoms with Gasteiger partial charge >= 0.3 is 6.09 Å². The first-order valence-electron chi connectivity index (χ1n) is 7.49. The standard InChI is InChI=1S/C16H21ClN2O2/c1-16(13-5-7-18-8-6-13)11-21-15(20)19(16)10-12-3-2-4-14(17)9-12/h2-4,9,13,18H,5-8,10-11H2,1H3. The maximum atomic E-state index is 12.2. The molecule has 0 spiro atoms. The highest BCUT2D eigenvalue weighted by molar-refractivity contribution is 6.30. The first-order chi connectivity index (χ1) is 10.1. The van der Waals surface area contributed by atoms with E-state index in [1.54, 1.807) is 0 Å². The van der Waals surface area contributed by atoms with E-state index < -0.39 is 0 Å². The van der Waals surface area contributed by atoms with Crippen LogP contribution in [0.1, 0.15) is 25.3 Å². The Kier molecular flexibility index (Phi) is 4.09. The minimum Gasteiger partial charge on any atom is -0.447 e. The molecular formula is C16H21ClN2O2. The fraction of sp³-hybridized carbons (Fsp3) is 0.562. The Morgan fingerprint density at radius 2 is 2.19 bits per heavy atom. The largest absolute Gasteiger partial charge is 0.447 e. The maximum absolute atomic E-state index is 12.2. The molecule has 0 saturated carbocycles. The van der Waals surface area contributed by atoms with Gasteiger partial charge in [-0.15, -0.1) is 0 Å². The second-order valence-corrected chi connectivity index (χ2v) is 6.59. The number of amides is 1. The number of rotatable bonds is 3. The molecule has 1 aromatic rings. The molecule has 1 N–H and O–H groups in total. The molecule has 2 aliphatic heterocycles. The van der Waals surface area contributed by atoms with Crippen LogP contribution < -0.4 is 5.32 Å². The van der Waals surface area contributed by atoms with E-state index >= 15 is 0 Å². The lowest BCUT2D eigenvalue weighted by Crippen LogP contribution is -2.52. The van der Waals surface area contributed by atoms with Crippen LogP contribution in [0.5, 0.6) is 0 Å². The Morgan fingerprint density at radius 3 is 2.90 bits per heavy atom. The van der Waals surface area contributed by atoms with Crippen LogP contribution in [0.25, 0.3) is 0 Å². The Hall–Kier alpha value is -1.26. The maximum Gasteiger partial charge on any atom is 0.410 e. The van der Waals surface area contributed by atoms with Gasteiger partial charge in [-0.25, -0.2) is 4.79 Å². The average molecular weight is 309 g/mol. The number of halogens is 1. The summed E-state index contributed by atoms with van der Waals surface area (Å²) in [6.07, 6.45) is 1.95. The smallest absolute Gasteiger partial charge is 0.410 e. The van der Waals surface area contributed by atoms with Gasteiger partial charge in [0.1, 0.15) is 6.61 Å². The second kappa shape index (κ2) is 5.85. The van der Waals surface area contributed by atoms with E-state index in [4.69, 9.17) is 16.3 Å². The van der Waals surface area contributed by atoms with Crippen molar-refractivity contribution >= 4 is 17.7 Å². The van der Waals surface area contributed by atoms with Crippen molar-refractivity contribution in [2.45, 2.75) is 31.8 Å². The van der Waals surface area contributed by atoms with Gasteiger partial charge in [0.05, 0.1) is 5.54 Å². The molecule has 4 nitrogen and oxygen atoms in total. The van der Waals surface area contributed by atoms with Crippen molar-refractivity contribution in [3.8, 4) is 0 Å². The summed E-state index contributed by atoms with van der Waals surface area (Å²) in [4.78, 5) is 14.1. The van der Waals surface area contributed by atoms with Gasteiger partial charge in [0.15, 0.2) is 0 Å². The van der Waals surface area contributed by atoms with Crippen LogP contribution in [0, 0.1) is 5.92 Å². The highest BCUT2D eigenvalue weighted by Gasteiger charge is 2.48. The third-order valence-electron chi connectivity index (χ3n) is 4.77. The molecule has 3 rings (SSSR count). The minimum atomic E-state index is -0.221. The third-order valence-corrected chi connectivity index (χ3v) is 5.01. The van der Waals surface area contributed by atoms with E-state index in [-0.39, 0.29) is 11.6 Å². The van der Waals surface area contributed by atoms with Gasteiger partial charge < -0.3 is 10.1 Å². The number of carbonyl (C=O) groups excluding carboxylic acids is 1. The summed E-state index contributed by atoms with van der Waals surface area (Å²) in [7, 11) is 0. The van der Waals surface area contributed by atoms with Crippen molar-refractivity contribution in [3.05, 3.63) is 34.9 Å². The molecule has 5 heteroatoms. The molecule has 21 heavy (non-hydrogen) atoms. The Balaban J connectivity index is 1.81. The van der Waals surface area contributed by atoms with Crippen LogP contribution in [0.3, 0.4) is 0 Å². The number of hydrogen-bond acceptors (Lipinski definition) is 3. The van der Waals surface area contributed by atoms with Crippen LogP contribution in [-0.2, 0) is 11.3 Å². The summed E-state index contributed by atoms with van der Waals surface area (Å²) < 4.78 is 5.37. The van der Waals surface area contributed by atoms with Crippen molar-refractivity contribution in [1.82, 2.24) is 10.2 Å². The predicted molar refractivity (Wildman–Crippen MR) is 82.3 cm³/mol. The summed E-state index contributed by atoms with van der Waals surface area (Å²) in [5, 5.41) is 4.07. The molecule has 0 bridgehead atoms. The first-order valence-corrected chi connectivity index (χ1v) is 7.87. The summed E-state index contributed by atoms with van der Waals surface area (Å²) in [6, 6.07) is 7.68. The van der Waals surface area contributed by atoms with Crippen molar-refractivity contribution in [2.24, 2.45) is 5.92 Å². The van der Waals surface area contributed by atoms with Gasteiger partial charge in [-0.05, 0) is 56.5 Å². The number of ether oxygens (including phenoxy) is 1. The first kappa shape index (κ1) is 14.7. The normalized spacial score (nSPS) is 27.0.